The number of esters is 1. The van der Waals surface area contributed by atoms with Gasteiger partial charge in [-0.3, -0.25) is 9.79 Å². The van der Waals surface area contributed by atoms with Crippen molar-refractivity contribution < 1.29 is 14.3 Å². The molecule has 90 valence electrons. The van der Waals surface area contributed by atoms with Gasteiger partial charge in [0, 0.05) is 6.21 Å². The van der Waals surface area contributed by atoms with Crippen LogP contribution in [0.1, 0.15) is 13.8 Å². The zero-order valence-electron chi connectivity index (χ0n) is 9.86. The molecule has 0 aliphatic rings. The maximum atomic E-state index is 11.0. The zero-order chi connectivity index (χ0) is 12.4. The van der Waals surface area contributed by atoms with Crippen LogP contribution in [0.5, 0.6) is 0 Å². The van der Waals surface area contributed by atoms with E-state index in [1.807, 2.05) is 6.92 Å². The van der Waals surface area contributed by atoms with E-state index in [0.717, 1.165) is 0 Å². The van der Waals surface area contributed by atoms with Crippen LogP contribution < -0.4 is 0 Å². The van der Waals surface area contributed by atoms with Gasteiger partial charge in [-0.05, 0) is 19.9 Å². The molecule has 16 heavy (non-hydrogen) atoms. The van der Waals surface area contributed by atoms with Gasteiger partial charge in [-0.25, -0.2) is 0 Å². The minimum atomic E-state index is -0.297. The van der Waals surface area contributed by atoms with Gasteiger partial charge >= 0.3 is 5.97 Å². The minimum Gasteiger partial charge on any atom is -0.491 e. The number of nitrogens with zero attached hydrogens (tertiary/aromatic N) is 1. The Morgan fingerprint density at radius 1 is 1.56 bits per heavy atom. The van der Waals surface area contributed by atoms with Gasteiger partial charge < -0.3 is 9.47 Å². The Bertz CT molecular complexity index is 298. The van der Waals surface area contributed by atoms with E-state index in [1.54, 1.807) is 19.2 Å². The quantitative estimate of drug-likeness (QED) is 0.298. The number of carbonyl (C=O) groups is 1. The van der Waals surface area contributed by atoms with Gasteiger partial charge in [0.15, 0.2) is 5.76 Å². The van der Waals surface area contributed by atoms with Crippen molar-refractivity contribution in [3.8, 4) is 0 Å². The van der Waals surface area contributed by atoms with Crippen LogP contribution in [0.3, 0.4) is 0 Å². The summed E-state index contributed by atoms with van der Waals surface area (Å²) in [7, 11) is 1.35. The molecule has 0 saturated heterocycles. The Morgan fingerprint density at radius 3 is 2.69 bits per heavy atom. The van der Waals surface area contributed by atoms with Gasteiger partial charge in [-0.15, -0.1) is 0 Å². The zero-order valence-corrected chi connectivity index (χ0v) is 10.7. The first-order valence-corrected chi connectivity index (χ1v) is 5.85. The smallest absolute Gasteiger partial charge is 0.316 e. The molecule has 0 aliphatic heterocycles. The lowest BCUT2D eigenvalue weighted by Gasteiger charge is -2.08. The number of rotatable bonds is 7. The van der Waals surface area contributed by atoms with E-state index in [-0.39, 0.29) is 11.7 Å². The van der Waals surface area contributed by atoms with Crippen molar-refractivity contribution in [3.63, 3.8) is 0 Å². The van der Waals surface area contributed by atoms with Crippen LogP contribution in [-0.4, -0.2) is 31.7 Å². The largest absolute Gasteiger partial charge is 0.491 e. The standard InChI is InChI=1S/C11H17NO3S/c1-5-9(15-7-3)11(12-6-2)16-8-10(13)14-4/h5-6H,1,7-8H2,2-4H3. The number of aliphatic imine (C=N–C) groups is 1. The van der Waals surface area contributed by atoms with Crippen LogP contribution in [0.25, 0.3) is 0 Å². The molecule has 0 aliphatic carbocycles. The summed E-state index contributed by atoms with van der Waals surface area (Å²) in [6.45, 7) is 7.85. The van der Waals surface area contributed by atoms with Gasteiger partial charge in [0.1, 0.15) is 5.03 Å². The Balaban J connectivity index is 4.68. The average Bonchev–Trinajstić information content (AvgIpc) is 2.31. The molecular weight excluding hydrogens is 226 g/mol. The van der Waals surface area contributed by atoms with Crippen molar-refractivity contribution in [3.05, 3.63) is 23.4 Å². The lowest BCUT2D eigenvalue weighted by molar-refractivity contribution is -0.137. The highest BCUT2D eigenvalue weighted by molar-refractivity contribution is 8.03. The predicted molar refractivity (Wildman–Crippen MR) is 67.5 cm³/mol. The second-order valence-electron chi connectivity index (χ2n) is 2.56. The molecule has 5 heteroatoms. The fraction of sp³-hybridized carbons (Fsp3) is 0.455. The molecule has 0 rings (SSSR count). The first-order chi connectivity index (χ1) is 7.69. The lowest BCUT2D eigenvalue weighted by Crippen LogP contribution is -2.04. The van der Waals surface area contributed by atoms with E-state index in [9.17, 15) is 4.79 Å². The van der Waals surface area contributed by atoms with E-state index in [1.165, 1.54) is 18.9 Å². The summed E-state index contributed by atoms with van der Waals surface area (Å²) in [6.07, 6.45) is 3.22. The van der Waals surface area contributed by atoms with E-state index in [0.29, 0.717) is 17.4 Å². The maximum absolute atomic E-state index is 11.0. The molecule has 0 aromatic rings. The number of thioether (sulfide) groups is 1. The summed E-state index contributed by atoms with van der Waals surface area (Å²) in [5.74, 6) is 0.483. The predicted octanol–water partition coefficient (Wildman–Crippen LogP) is 2.37. The van der Waals surface area contributed by atoms with Crippen molar-refractivity contribution in [2.24, 2.45) is 4.99 Å². The summed E-state index contributed by atoms with van der Waals surface area (Å²) in [6, 6.07) is 0. The fourth-order valence-corrected chi connectivity index (χ4v) is 1.68. The van der Waals surface area contributed by atoms with Crippen LogP contribution in [0, 0.1) is 0 Å². The van der Waals surface area contributed by atoms with Crippen LogP contribution in [-0.2, 0) is 14.3 Å². The third-order valence-electron chi connectivity index (χ3n) is 1.50. The summed E-state index contributed by atoms with van der Waals surface area (Å²) in [5.41, 5.74) is 0. The molecule has 4 nitrogen and oxygen atoms in total. The number of allylic oxidation sites excluding steroid dienone is 1. The van der Waals surface area contributed by atoms with Crippen molar-refractivity contribution in [1.82, 2.24) is 0 Å². The monoisotopic (exact) mass is 243 g/mol. The summed E-state index contributed by atoms with van der Waals surface area (Å²) in [5, 5.41) is 0.629. The first kappa shape index (κ1) is 14.8. The average molecular weight is 243 g/mol. The Morgan fingerprint density at radius 2 is 2.25 bits per heavy atom. The van der Waals surface area contributed by atoms with Gasteiger partial charge in [0.25, 0.3) is 0 Å². The molecule has 0 heterocycles. The van der Waals surface area contributed by atoms with E-state index < -0.39 is 0 Å². The molecule has 0 N–H and O–H groups in total. The van der Waals surface area contributed by atoms with Crippen molar-refractivity contribution in [1.29, 1.82) is 0 Å². The fourth-order valence-electron chi connectivity index (χ4n) is 0.839. The molecule has 0 unspecified atom stereocenters. The molecule has 0 fully saturated rings. The molecular formula is C11H17NO3S. The molecule has 0 saturated carbocycles. The summed E-state index contributed by atoms with van der Waals surface area (Å²) >= 11 is 1.26. The van der Waals surface area contributed by atoms with Crippen molar-refractivity contribution in [2.45, 2.75) is 13.8 Å². The number of hydrogen-bond acceptors (Lipinski definition) is 5. The van der Waals surface area contributed by atoms with Gasteiger partial charge in [-0.2, -0.15) is 0 Å². The number of hydrogen-bond donors (Lipinski definition) is 0. The topological polar surface area (TPSA) is 47.9 Å². The van der Waals surface area contributed by atoms with Crippen molar-refractivity contribution in [2.75, 3.05) is 19.5 Å². The minimum absolute atomic E-state index is 0.202. The van der Waals surface area contributed by atoms with Gasteiger partial charge in [-0.1, -0.05) is 18.3 Å². The molecule has 0 aromatic carbocycles. The normalized spacial score (nSPS) is 12.2. The Labute approximate surface area is 100 Å². The molecule has 0 atom stereocenters. The van der Waals surface area contributed by atoms with E-state index in [2.05, 4.69) is 16.3 Å². The highest BCUT2D eigenvalue weighted by Gasteiger charge is 2.08. The molecule has 0 amide bonds. The summed E-state index contributed by atoms with van der Waals surface area (Å²) < 4.78 is 9.90. The van der Waals surface area contributed by atoms with Crippen molar-refractivity contribution >= 4 is 23.9 Å². The second kappa shape index (κ2) is 9.03. The Hall–Kier alpha value is -1.23. The maximum Gasteiger partial charge on any atom is 0.316 e. The number of carbonyl (C=O) groups excluding carboxylic acids is 1. The third kappa shape index (κ3) is 5.60. The van der Waals surface area contributed by atoms with Crippen LogP contribution in [0.15, 0.2) is 28.4 Å². The SMILES string of the molecule is C=CC(OCC)=C(N=CC)SCC(=O)OC. The molecule has 0 radical (unpaired) electrons. The lowest BCUT2D eigenvalue weighted by atomic mass is 10.5. The first-order valence-electron chi connectivity index (χ1n) is 4.87. The van der Waals surface area contributed by atoms with Crippen LogP contribution >= 0.6 is 11.8 Å². The van der Waals surface area contributed by atoms with Gasteiger partial charge in [0.05, 0.1) is 19.5 Å². The van der Waals surface area contributed by atoms with E-state index in [4.69, 9.17) is 4.74 Å². The Kier molecular flexibility index (Phi) is 8.34. The van der Waals surface area contributed by atoms with E-state index >= 15 is 0 Å². The van der Waals surface area contributed by atoms with Gasteiger partial charge in [0.2, 0.25) is 0 Å². The highest BCUT2D eigenvalue weighted by atomic mass is 32.2. The highest BCUT2D eigenvalue weighted by Crippen LogP contribution is 2.22. The molecule has 0 bridgehead atoms. The third-order valence-corrected chi connectivity index (χ3v) is 2.46. The molecule has 0 spiro atoms. The second-order valence-corrected chi connectivity index (χ2v) is 3.52. The number of ether oxygens (including phenoxy) is 2. The summed E-state index contributed by atoms with van der Waals surface area (Å²) in [4.78, 5) is 15.1. The van der Waals surface area contributed by atoms with Crippen LogP contribution in [0.2, 0.25) is 0 Å². The number of methoxy groups -OCH3 is 1. The van der Waals surface area contributed by atoms with Crippen LogP contribution in [0.4, 0.5) is 0 Å². The molecule has 0 aromatic heterocycles.